The first kappa shape index (κ1) is 14.0. The summed E-state index contributed by atoms with van der Waals surface area (Å²) in [7, 11) is 0. The molecule has 0 saturated carbocycles. The number of carboxylic acid groups (broad SMARTS) is 1. The zero-order chi connectivity index (χ0) is 14.2. The maximum Gasteiger partial charge on any atom is 0.367 e. The number of carboxylic acids is 1. The standard InChI is InChI=1S/C9HF7O2/c10-2-1(4(12)8(16)9(17)18)3(11)6(14)7(15)5(2)13/h(H,17,18)/b8-4+. The van der Waals surface area contributed by atoms with Gasteiger partial charge < -0.3 is 5.11 Å². The molecule has 9 heteroatoms. The molecule has 0 bridgehead atoms. The third-order valence-corrected chi connectivity index (χ3v) is 1.81. The van der Waals surface area contributed by atoms with Crippen LogP contribution in [0.25, 0.3) is 5.83 Å². The van der Waals surface area contributed by atoms with Crippen LogP contribution in [0.2, 0.25) is 0 Å². The molecule has 0 aliphatic carbocycles. The lowest BCUT2D eigenvalue weighted by Gasteiger charge is -2.06. The Balaban J connectivity index is 3.73. The topological polar surface area (TPSA) is 37.3 Å². The Hall–Kier alpha value is -2.06. The van der Waals surface area contributed by atoms with Crippen LogP contribution in [0.3, 0.4) is 0 Å². The highest BCUT2D eigenvalue weighted by atomic mass is 19.2. The molecule has 1 aromatic rings. The van der Waals surface area contributed by atoms with Crippen molar-refractivity contribution < 1.29 is 40.6 Å². The summed E-state index contributed by atoms with van der Waals surface area (Å²) in [5.41, 5.74) is -2.27. The summed E-state index contributed by atoms with van der Waals surface area (Å²) in [6.45, 7) is 0. The molecule has 0 radical (unpaired) electrons. The summed E-state index contributed by atoms with van der Waals surface area (Å²) >= 11 is 0. The Morgan fingerprint density at radius 2 is 1.11 bits per heavy atom. The fourth-order valence-electron chi connectivity index (χ4n) is 1.00. The van der Waals surface area contributed by atoms with Crippen molar-refractivity contribution in [1.82, 2.24) is 0 Å². The van der Waals surface area contributed by atoms with Crippen LogP contribution in [-0.4, -0.2) is 11.1 Å². The zero-order valence-electron chi connectivity index (χ0n) is 8.00. The van der Waals surface area contributed by atoms with Crippen LogP contribution in [0.4, 0.5) is 30.7 Å². The van der Waals surface area contributed by atoms with E-state index in [0.717, 1.165) is 0 Å². The fourth-order valence-corrected chi connectivity index (χ4v) is 1.00. The maximum absolute atomic E-state index is 13.0. The second-order valence-corrected chi connectivity index (χ2v) is 2.88. The summed E-state index contributed by atoms with van der Waals surface area (Å²) in [5, 5.41) is 8.01. The van der Waals surface area contributed by atoms with Crippen molar-refractivity contribution in [3.63, 3.8) is 0 Å². The maximum atomic E-state index is 13.0. The Kier molecular flexibility index (Phi) is 3.63. The monoisotopic (exact) mass is 274 g/mol. The van der Waals surface area contributed by atoms with Crippen LogP contribution in [0, 0.1) is 29.1 Å². The van der Waals surface area contributed by atoms with Gasteiger partial charge in [-0.2, -0.15) is 4.39 Å². The van der Waals surface area contributed by atoms with E-state index in [4.69, 9.17) is 5.11 Å². The van der Waals surface area contributed by atoms with E-state index in [-0.39, 0.29) is 0 Å². The minimum absolute atomic E-state index is 2.27. The van der Waals surface area contributed by atoms with Crippen molar-refractivity contribution in [3.8, 4) is 0 Å². The smallest absolute Gasteiger partial charge is 0.367 e. The van der Waals surface area contributed by atoms with Crippen LogP contribution in [0.1, 0.15) is 5.56 Å². The van der Waals surface area contributed by atoms with Crippen LogP contribution in [0.15, 0.2) is 5.83 Å². The van der Waals surface area contributed by atoms with Gasteiger partial charge in [-0.1, -0.05) is 0 Å². The van der Waals surface area contributed by atoms with Gasteiger partial charge in [-0.3, -0.25) is 0 Å². The minimum Gasteiger partial charge on any atom is -0.476 e. The Bertz CT molecular complexity index is 536. The van der Waals surface area contributed by atoms with Crippen LogP contribution >= 0.6 is 0 Å². The lowest BCUT2D eigenvalue weighted by Crippen LogP contribution is -2.07. The summed E-state index contributed by atoms with van der Waals surface area (Å²) in [5.74, 6) is -20.9. The van der Waals surface area contributed by atoms with Crippen LogP contribution < -0.4 is 0 Å². The molecule has 0 saturated heterocycles. The average Bonchev–Trinajstić information content (AvgIpc) is 2.32. The number of aliphatic carboxylic acids is 1. The third kappa shape index (κ3) is 2.03. The van der Waals surface area contributed by atoms with E-state index >= 15 is 0 Å². The molecule has 98 valence electrons. The lowest BCUT2D eigenvalue weighted by atomic mass is 10.1. The van der Waals surface area contributed by atoms with E-state index in [9.17, 15) is 35.5 Å². The van der Waals surface area contributed by atoms with Gasteiger partial charge in [0.05, 0.1) is 5.56 Å². The second-order valence-electron chi connectivity index (χ2n) is 2.88. The average molecular weight is 274 g/mol. The number of hydrogen-bond acceptors (Lipinski definition) is 1. The molecule has 0 atom stereocenters. The SMILES string of the molecule is O=C(O)/C(F)=C(\F)c1c(F)c(F)c(F)c(F)c1F. The van der Waals surface area contributed by atoms with Gasteiger partial charge in [-0.05, 0) is 0 Å². The number of carbonyl (C=O) groups is 1. The van der Waals surface area contributed by atoms with Crippen molar-refractivity contribution in [3.05, 3.63) is 40.5 Å². The van der Waals surface area contributed by atoms with Gasteiger partial charge in [0, 0.05) is 0 Å². The van der Waals surface area contributed by atoms with E-state index < -0.39 is 52.3 Å². The molecule has 0 aliphatic rings. The van der Waals surface area contributed by atoms with E-state index in [2.05, 4.69) is 0 Å². The van der Waals surface area contributed by atoms with E-state index in [1.54, 1.807) is 0 Å². The fraction of sp³-hybridized carbons (Fsp3) is 0. The molecule has 1 N–H and O–H groups in total. The number of halogens is 7. The molecule has 1 rings (SSSR count). The van der Waals surface area contributed by atoms with Crippen molar-refractivity contribution >= 4 is 11.8 Å². The van der Waals surface area contributed by atoms with E-state index in [0.29, 0.717) is 0 Å². The zero-order valence-corrected chi connectivity index (χ0v) is 8.00. The molecule has 0 amide bonds. The summed E-state index contributed by atoms with van der Waals surface area (Å²) in [6.07, 6.45) is 0. The highest BCUT2D eigenvalue weighted by molar-refractivity contribution is 5.92. The first-order chi connectivity index (χ1) is 8.20. The van der Waals surface area contributed by atoms with Gasteiger partial charge in [0.2, 0.25) is 11.6 Å². The van der Waals surface area contributed by atoms with Gasteiger partial charge in [-0.15, -0.1) is 0 Å². The minimum atomic E-state index is -2.70. The highest BCUT2D eigenvalue weighted by Gasteiger charge is 2.31. The molecule has 0 heterocycles. The quantitative estimate of drug-likeness (QED) is 0.389. The summed E-state index contributed by atoms with van der Waals surface area (Å²) in [6, 6.07) is 0. The molecular weight excluding hydrogens is 273 g/mol. The van der Waals surface area contributed by atoms with Crippen molar-refractivity contribution in [2.24, 2.45) is 0 Å². The first-order valence-electron chi connectivity index (χ1n) is 4.00. The Morgan fingerprint density at radius 1 is 0.778 bits per heavy atom. The molecule has 2 nitrogen and oxygen atoms in total. The number of hydrogen-bond donors (Lipinski definition) is 1. The summed E-state index contributed by atoms with van der Waals surface area (Å²) < 4.78 is 89.1. The Labute approximate surface area is 94.0 Å². The van der Waals surface area contributed by atoms with Gasteiger partial charge in [0.1, 0.15) is 0 Å². The predicted molar refractivity (Wildman–Crippen MR) is 43.0 cm³/mol. The van der Waals surface area contributed by atoms with Crippen LogP contribution in [-0.2, 0) is 4.79 Å². The van der Waals surface area contributed by atoms with Crippen molar-refractivity contribution in [2.75, 3.05) is 0 Å². The van der Waals surface area contributed by atoms with E-state index in [1.165, 1.54) is 0 Å². The van der Waals surface area contributed by atoms with Gasteiger partial charge in [0.15, 0.2) is 29.1 Å². The van der Waals surface area contributed by atoms with Gasteiger partial charge in [0.25, 0.3) is 0 Å². The Morgan fingerprint density at radius 3 is 1.44 bits per heavy atom. The van der Waals surface area contributed by atoms with Crippen molar-refractivity contribution in [2.45, 2.75) is 0 Å². The lowest BCUT2D eigenvalue weighted by molar-refractivity contribution is -0.134. The number of rotatable bonds is 2. The molecule has 1 aromatic carbocycles. The highest BCUT2D eigenvalue weighted by Crippen LogP contribution is 2.31. The predicted octanol–water partition coefficient (Wildman–Crippen LogP) is 3.07. The molecule has 0 aliphatic heterocycles. The van der Waals surface area contributed by atoms with Gasteiger partial charge in [-0.25, -0.2) is 31.1 Å². The summed E-state index contributed by atoms with van der Waals surface area (Å²) in [4.78, 5) is 9.99. The molecule has 0 fully saturated rings. The second kappa shape index (κ2) is 4.67. The first-order valence-corrected chi connectivity index (χ1v) is 4.00. The number of benzene rings is 1. The van der Waals surface area contributed by atoms with Crippen LogP contribution in [0.5, 0.6) is 0 Å². The van der Waals surface area contributed by atoms with E-state index in [1.807, 2.05) is 0 Å². The molecule has 0 aromatic heterocycles. The molecule has 0 unspecified atom stereocenters. The third-order valence-electron chi connectivity index (χ3n) is 1.81. The molecule has 18 heavy (non-hydrogen) atoms. The molecular formula is C9HF7O2. The molecule has 0 spiro atoms. The van der Waals surface area contributed by atoms with Crippen molar-refractivity contribution in [1.29, 1.82) is 0 Å². The van der Waals surface area contributed by atoms with Gasteiger partial charge >= 0.3 is 5.97 Å². The normalized spacial score (nSPS) is 12.4. The largest absolute Gasteiger partial charge is 0.476 e.